The summed E-state index contributed by atoms with van der Waals surface area (Å²) in [6.07, 6.45) is -68.5. The van der Waals surface area contributed by atoms with Gasteiger partial charge < -0.3 is 184 Å². The Morgan fingerprint density at radius 3 is 0.851 bits per heavy atom. The van der Waals surface area contributed by atoms with Crippen LogP contribution in [-0.2, 0) is 88.9 Å². The third-order valence-electron chi connectivity index (χ3n) is 18.1. The molecule has 94 heavy (non-hydrogen) atoms. The lowest BCUT2D eigenvalue weighted by Crippen LogP contribution is -2.68. The molecule has 0 aromatic carbocycles. The second-order valence-electron chi connectivity index (χ2n) is 25.0. The summed E-state index contributed by atoms with van der Waals surface area (Å²) in [4.78, 5) is 30.5. The molecule has 40 nitrogen and oxygen atoms in total. The number of imidazole rings is 1. The second kappa shape index (κ2) is 31.1. The van der Waals surface area contributed by atoms with Crippen molar-refractivity contribution in [3.8, 4) is 0 Å². The molecule has 2 amide bonds. The smallest absolute Gasteiger partial charge is 0.243 e. The highest BCUT2D eigenvalue weighted by atomic mass is 16.8. The Labute approximate surface area is 533 Å². The molecule has 22 fully saturated rings. The van der Waals surface area contributed by atoms with Crippen molar-refractivity contribution in [2.75, 3.05) is 39.6 Å². The molecule has 0 aliphatic carbocycles. The monoisotopic (exact) mass is 1370 g/mol. The zero-order valence-corrected chi connectivity index (χ0v) is 50.3. The molecule has 22 aliphatic rings. The molecule has 37 unspecified atom stereocenters. The van der Waals surface area contributed by atoms with Crippen molar-refractivity contribution in [1.82, 2.24) is 20.2 Å². The van der Waals surface area contributed by atoms with Crippen LogP contribution in [0.1, 0.15) is 26.0 Å². The molecule has 0 radical (unpaired) electrons. The van der Waals surface area contributed by atoms with Gasteiger partial charge >= 0.3 is 0 Å². The van der Waals surface area contributed by atoms with Gasteiger partial charge in [0.25, 0.3) is 0 Å². The number of aliphatic hydroxyl groups is 20. The van der Waals surface area contributed by atoms with E-state index >= 15 is 0 Å². The van der Waals surface area contributed by atoms with Crippen molar-refractivity contribution in [3.05, 3.63) is 18.2 Å². The first kappa shape index (κ1) is 73.5. The fourth-order valence-corrected chi connectivity index (χ4v) is 12.9. The molecular weight excluding hydrogens is 1280 g/mol. The second-order valence-corrected chi connectivity index (χ2v) is 25.0. The highest BCUT2D eigenvalue weighted by molar-refractivity contribution is 5.97. The Morgan fingerprint density at radius 1 is 0.362 bits per heavy atom. The first-order valence-electron chi connectivity index (χ1n) is 30.7. The van der Waals surface area contributed by atoms with Crippen LogP contribution >= 0.6 is 0 Å². The Bertz CT molecular complexity index is 2590. The fourth-order valence-electron chi connectivity index (χ4n) is 12.9. The zero-order chi connectivity index (χ0) is 68.0. The molecule has 23 heterocycles. The number of amides is 2. The van der Waals surface area contributed by atoms with E-state index in [9.17, 15) is 112 Å². The highest BCUT2D eigenvalue weighted by Crippen LogP contribution is 2.39. The van der Waals surface area contributed by atoms with E-state index in [0.717, 1.165) is 0 Å². The molecule has 37 atom stereocenters. The molecule has 14 bridgehead atoms. The van der Waals surface area contributed by atoms with Gasteiger partial charge in [-0.05, 0) is 12.3 Å². The SMILES string of the molecule is CC(C)CC1NC(=O)C(Cc2cn(CC3OC4OC5C(CO)OC(OC6C(CO)OC(OC7C(CO)OC(OC8C(CO)OC(OC9C(CO)OC(OC%10C(CO)OC(OC3C(O)C4O)C(O)C%10O)C(O)C9O)C(O)C8O)C(O)C7O)C(O)C6O)C(O)C5O)cn2)NC1=O. The van der Waals surface area contributed by atoms with Crippen molar-refractivity contribution in [1.29, 1.82) is 0 Å². The van der Waals surface area contributed by atoms with Gasteiger partial charge in [-0.3, -0.25) is 9.59 Å². The van der Waals surface area contributed by atoms with Crippen LogP contribution in [0.25, 0.3) is 0 Å². The number of ether oxygens (including phenoxy) is 14. The summed E-state index contributed by atoms with van der Waals surface area (Å²) in [5.41, 5.74) is 0.230. The van der Waals surface area contributed by atoms with Gasteiger partial charge in [-0.25, -0.2) is 4.98 Å². The van der Waals surface area contributed by atoms with E-state index in [0.29, 0.717) is 6.42 Å². The van der Waals surface area contributed by atoms with Crippen LogP contribution in [-0.4, -0.2) is 390 Å². The lowest BCUT2D eigenvalue weighted by atomic mass is 9.95. The Hall–Kier alpha value is -3.21. The molecule has 0 spiro atoms. The normalized spacial score (nSPS) is 50.0. The maximum Gasteiger partial charge on any atom is 0.243 e. The third-order valence-corrected chi connectivity index (χ3v) is 18.1. The number of hydrogen-bond acceptors (Lipinski definition) is 37. The van der Waals surface area contributed by atoms with E-state index in [4.69, 9.17) is 66.3 Å². The number of nitrogens with one attached hydrogen (secondary N) is 2. The summed E-state index contributed by atoms with van der Waals surface area (Å²) >= 11 is 0. The summed E-state index contributed by atoms with van der Waals surface area (Å²) in [5.74, 6) is -0.840. The van der Waals surface area contributed by atoms with Crippen molar-refractivity contribution in [2.45, 2.75) is 260 Å². The van der Waals surface area contributed by atoms with Crippen LogP contribution in [0.2, 0.25) is 0 Å². The van der Waals surface area contributed by atoms with Crippen molar-refractivity contribution >= 4 is 11.8 Å². The van der Waals surface area contributed by atoms with Crippen molar-refractivity contribution in [2.24, 2.45) is 5.92 Å². The number of carbonyl (C=O) groups excluding carboxylic acids is 2. The molecular formula is C54H86N4O36. The van der Waals surface area contributed by atoms with Gasteiger partial charge in [-0.2, -0.15) is 0 Å². The summed E-state index contributed by atoms with van der Waals surface area (Å²) in [6, 6.07) is -1.84. The van der Waals surface area contributed by atoms with E-state index in [1.165, 1.54) is 17.1 Å². The number of aromatic nitrogens is 2. The summed E-state index contributed by atoms with van der Waals surface area (Å²) in [5, 5.41) is 231. The highest BCUT2D eigenvalue weighted by Gasteiger charge is 2.60. The Kier molecular flexibility index (Phi) is 24.3. The van der Waals surface area contributed by atoms with Crippen LogP contribution in [0.3, 0.4) is 0 Å². The number of piperazine rings is 1. The molecule has 22 N–H and O–H groups in total. The van der Waals surface area contributed by atoms with Gasteiger partial charge in [0.15, 0.2) is 44.0 Å². The first-order valence-corrected chi connectivity index (χ1v) is 30.7. The van der Waals surface area contributed by atoms with E-state index in [1.54, 1.807) is 0 Å². The van der Waals surface area contributed by atoms with E-state index < -0.39 is 285 Å². The molecule has 0 saturated carbocycles. The molecule has 22 saturated heterocycles. The largest absolute Gasteiger partial charge is 0.394 e. The minimum Gasteiger partial charge on any atom is -0.394 e. The van der Waals surface area contributed by atoms with Crippen molar-refractivity contribution < 1.29 is 178 Å². The standard InChI is InChI=1S/C54H86N4O36/c1-14(2)3-16-46(79)57-17(47(80)56-16)4-15-5-58(13-55-15)6-18-39-25(65)32(72)48(81-18)89-40-19(7-59)83-50(34(74)27(40)67)91-42-21(9-61)85-52(36(76)29(42)69)93-44-23(11-63)87-54(38(78)31(44)71)94-45-24(12-64)86-53(37(77)30(45)70)92-43-22(10-62)84-51(35(75)28(43)68)90-41-20(8-60)82-49(88-39)33(73)26(41)66/h5,13-14,16-45,48-54,59-78H,3-4,6-12H2,1-2H3,(H,56,80)(H,57,79). The van der Waals surface area contributed by atoms with Gasteiger partial charge in [0.2, 0.25) is 11.8 Å². The molecule has 1 aromatic heterocycles. The van der Waals surface area contributed by atoms with E-state index in [-0.39, 0.29) is 18.0 Å². The maximum absolute atomic E-state index is 13.2. The van der Waals surface area contributed by atoms with E-state index in [1.807, 2.05) is 13.8 Å². The molecule has 22 aliphatic heterocycles. The van der Waals surface area contributed by atoms with Gasteiger partial charge in [0, 0.05) is 12.6 Å². The lowest BCUT2D eigenvalue weighted by Gasteiger charge is -2.50. The third kappa shape index (κ3) is 15.0. The number of hydrogen-bond donors (Lipinski definition) is 22. The number of aliphatic hydroxyl groups excluding tert-OH is 20. The minimum absolute atomic E-state index is 0.0722. The predicted molar refractivity (Wildman–Crippen MR) is 291 cm³/mol. The number of carbonyl (C=O) groups is 2. The van der Waals surface area contributed by atoms with Crippen LogP contribution in [0.4, 0.5) is 0 Å². The van der Waals surface area contributed by atoms with Crippen LogP contribution in [0.15, 0.2) is 12.5 Å². The quantitative estimate of drug-likeness (QED) is 0.0924. The topological polar surface area (TPSA) is 610 Å². The number of rotatable bonds is 12. The van der Waals surface area contributed by atoms with Gasteiger partial charge in [-0.1, -0.05) is 13.8 Å². The average Bonchev–Trinajstić information content (AvgIpc) is 0.796. The maximum atomic E-state index is 13.2. The van der Waals surface area contributed by atoms with Crippen molar-refractivity contribution in [3.63, 3.8) is 0 Å². The number of nitrogens with zero attached hydrogens (tertiary/aromatic N) is 2. The van der Waals surface area contributed by atoms with E-state index in [2.05, 4.69) is 15.6 Å². The van der Waals surface area contributed by atoms with Gasteiger partial charge in [0.05, 0.1) is 58.2 Å². The van der Waals surface area contributed by atoms with Crippen LogP contribution < -0.4 is 10.6 Å². The predicted octanol–water partition coefficient (Wildman–Crippen LogP) is -14.8. The summed E-state index contributed by atoms with van der Waals surface area (Å²) < 4.78 is 83.1. The van der Waals surface area contributed by atoms with Gasteiger partial charge in [0.1, 0.15) is 183 Å². The summed E-state index contributed by atoms with van der Waals surface area (Å²) in [6.45, 7) is -3.12. The lowest BCUT2D eigenvalue weighted by molar-refractivity contribution is -0.396. The Morgan fingerprint density at radius 2 is 0.596 bits per heavy atom. The van der Waals surface area contributed by atoms with Crippen LogP contribution in [0.5, 0.6) is 0 Å². The fraction of sp³-hybridized carbons (Fsp3) is 0.907. The Balaban J connectivity index is 0.943. The molecule has 1 aromatic rings. The minimum atomic E-state index is -2.26. The molecule has 40 heteroatoms. The van der Waals surface area contributed by atoms with Gasteiger partial charge in [-0.15, -0.1) is 0 Å². The summed E-state index contributed by atoms with van der Waals surface area (Å²) in [7, 11) is 0. The average molecular weight is 1370 g/mol. The molecule has 538 valence electrons. The first-order chi connectivity index (χ1) is 44.7. The van der Waals surface area contributed by atoms with Crippen LogP contribution in [0, 0.1) is 5.92 Å². The molecule has 23 rings (SSSR count). The zero-order valence-electron chi connectivity index (χ0n) is 50.3.